The molecule has 0 aliphatic heterocycles. The molecule has 0 saturated carbocycles. The van der Waals surface area contributed by atoms with E-state index in [0.717, 1.165) is 11.5 Å². The van der Waals surface area contributed by atoms with Crippen LogP contribution in [-0.4, -0.2) is 17.5 Å². The van der Waals surface area contributed by atoms with Gasteiger partial charge in [0.05, 0.1) is 0 Å². The monoisotopic (exact) mass is 205 g/mol. The average Bonchev–Trinajstić information content (AvgIpc) is 2.09. The number of carbonyl (C=O) groups is 1. The van der Waals surface area contributed by atoms with Gasteiger partial charge < -0.3 is 0 Å². The molecule has 13 heavy (non-hydrogen) atoms. The lowest BCUT2D eigenvalue weighted by Crippen LogP contribution is -2.18. The molecule has 0 amide bonds. The van der Waals surface area contributed by atoms with Gasteiger partial charge in [-0.3, -0.25) is 0 Å². The van der Waals surface area contributed by atoms with Crippen molar-refractivity contribution >= 4 is 17.1 Å². The Bertz CT molecular complexity index is 129. The fourth-order valence-electron chi connectivity index (χ4n) is 0.962. The molecular formula is C10H21O2S+. The van der Waals surface area contributed by atoms with Gasteiger partial charge in [0.2, 0.25) is 11.2 Å². The average molecular weight is 205 g/mol. The minimum absolute atomic E-state index is 0.104. The topological polar surface area (TPSA) is 26.3 Å². The van der Waals surface area contributed by atoms with Gasteiger partial charge in [0, 0.05) is 6.92 Å². The fourth-order valence-corrected chi connectivity index (χ4v) is 2.89. The Kier molecular flexibility index (Phi) is 8.30. The minimum atomic E-state index is -0.129. The fraction of sp³-hybridized carbons (Fsp3) is 0.900. The zero-order valence-electron chi connectivity index (χ0n) is 8.97. The van der Waals surface area contributed by atoms with Crippen LogP contribution in [0.5, 0.6) is 0 Å². The molecule has 0 aromatic rings. The standard InChI is InChI=1S/C10H21O2S/c1-4-6-8-13(9-7-5-2)12-10(3)11/h4-9H2,1-3H3/q+1. The molecule has 0 aromatic carbocycles. The van der Waals surface area contributed by atoms with Crippen molar-refractivity contribution in [3.63, 3.8) is 0 Å². The molecule has 0 saturated heterocycles. The van der Waals surface area contributed by atoms with Crippen molar-refractivity contribution < 1.29 is 8.98 Å². The van der Waals surface area contributed by atoms with E-state index in [0.29, 0.717) is 0 Å². The van der Waals surface area contributed by atoms with Gasteiger partial charge in [-0.05, 0) is 12.8 Å². The lowest BCUT2D eigenvalue weighted by atomic mass is 10.4. The second kappa shape index (κ2) is 8.42. The van der Waals surface area contributed by atoms with Crippen molar-refractivity contribution in [3.05, 3.63) is 0 Å². The molecule has 3 heteroatoms. The Hall–Kier alpha value is -0.180. The second-order valence-electron chi connectivity index (χ2n) is 3.13. The maximum absolute atomic E-state index is 10.8. The van der Waals surface area contributed by atoms with Crippen LogP contribution in [0.25, 0.3) is 0 Å². The van der Waals surface area contributed by atoms with Crippen molar-refractivity contribution in [2.24, 2.45) is 0 Å². The van der Waals surface area contributed by atoms with Crippen molar-refractivity contribution in [1.82, 2.24) is 0 Å². The van der Waals surface area contributed by atoms with Crippen molar-refractivity contribution in [1.29, 1.82) is 0 Å². The summed E-state index contributed by atoms with van der Waals surface area (Å²) in [5.74, 6) is 1.97. The van der Waals surface area contributed by atoms with E-state index in [-0.39, 0.29) is 17.1 Å². The van der Waals surface area contributed by atoms with Crippen LogP contribution in [0.2, 0.25) is 0 Å². The zero-order chi connectivity index (χ0) is 10.1. The molecule has 0 aliphatic carbocycles. The summed E-state index contributed by atoms with van der Waals surface area (Å²) in [6.45, 7) is 5.82. The van der Waals surface area contributed by atoms with Crippen LogP contribution in [0.3, 0.4) is 0 Å². The predicted octanol–water partition coefficient (Wildman–Crippen LogP) is 2.68. The highest BCUT2D eigenvalue weighted by atomic mass is 32.2. The van der Waals surface area contributed by atoms with Gasteiger partial charge >= 0.3 is 5.97 Å². The summed E-state index contributed by atoms with van der Waals surface area (Å²) in [5.41, 5.74) is 0. The molecular weight excluding hydrogens is 184 g/mol. The van der Waals surface area contributed by atoms with Crippen LogP contribution in [0.15, 0.2) is 0 Å². The molecule has 0 heterocycles. The molecule has 0 atom stereocenters. The van der Waals surface area contributed by atoms with Gasteiger partial charge in [-0.15, -0.1) is 0 Å². The summed E-state index contributed by atoms with van der Waals surface area (Å²) >= 11 is -0.104. The first-order chi connectivity index (χ1) is 6.20. The van der Waals surface area contributed by atoms with Crippen LogP contribution in [0, 0.1) is 0 Å². The molecule has 0 bridgehead atoms. The van der Waals surface area contributed by atoms with E-state index in [9.17, 15) is 4.79 Å². The van der Waals surface area contributed by atoms with Crippen molar-refractivity contribution in [2.45, 2.75) is 46.5 Å². The molecule has 0 spiro atoms. The van der Waals surface area contributed by atoms with Crippen LogP contribution in [0.4, 0.5) is 0 Å². The lowest BCUT2D eigenvalue weighted by Gasteiger charge is -2.03. The Morgan fingerprint density at radius 1 is 1.15 bits per heavy atom. The maximum atomic E-state index is 10.8. The van der Waals surface area contributed by atoms with E-state index in [1.807, 2.05) is 0 Å². The van der Waals surface area contributed by atoms with E-state index >= 15 is 0 Å². The maximum Gasteiger partial charge on any atom is 0.361 e. The third-order valence-electron chi connectivity index (χ3n) is 1.69. The van der Waals surface area contributed by atoms with Crippen LogP contribution >= 0.6 is 0 Å². The predicted molar refractivity (Wildman–Crippen MR) is 58.7 cm³/mol. The Balaban J connectivity index is 3.66. The minimum Gasteiger partial charge on any atom is -0.248 e. The highest BCUT2D eigenvalue weighted by Gasteiger charge is 2.21. The summed E-state index contributed by atoms with van der Waals surface area (Å²) < 4.78 is 5.24. The molecule has 0 aliphatic rings. The van der Waals surface area contributed by atoms with Crippen LogP contribution in [-0.2, 0) is 20.2 Å². The van der Waals surface area contributed by atoms with E-state index in [1.54, 1.807) is 0 Å². The molecule has 0 aromatic heterocycles. The summed E-state index contributed by atoms with van der Waals surface area (Å²) in [7, 11) is 0. The van der Waals surface area contributed by atoms with E-state index in [4.69, 9.17) is 4.18 Å². The van der Waals surface area contributed by atoms with Crippen molar-refractivity contribution in [2.75, 3.05) is 11.5 Å². The Morgan fingerprint density at radius 2 is 1.62 bits per heavy atom. The number of rotatable bonds is 7. The summed E-state index contributed by atoms with van der Waals surface area (Å²) in [6.07, 6.45) is 4.69. The Morgan fingerprint density at radius 3 is 1.92 bits per heavy atom. The lowest BCUT2D eigenvalue weighted by molar-refractivity contribution is -0.130. The molecule has 0 N–H and O–H groups in total. The summed E-state index contributed by atoms with van der Waals surface area (Å²) in [4.78, 5) is 10.8. The molecule has 0 fully saturated rings. The first kappa shape index (κ1) is 12.8. The highest BCUT2D eigenvalue weighted by Crippen LogP contribution is 2.07. The van der Waals surface area contributed by atoms with Gasteiger partial charge in [-0.1, -0.05) is 26.7 Å². The summed E-state index contributed by atoms with van der Waals surface area (Å²) in [5, 5.41) is 0. The number of unbranched alkanes of at least 4 members (excludes halogenated alkanes) is 2. The normalized spacial score (nSPS) is 10.5. The van der Waals surface area contributed by atoms with Gasteiger partial charge in [-0.2, -0.15) is 0 Å². The molecule has 0 unspecified atom stereocenters. The zero-order valence-corrected chi connectivity index (χ0v) is 9.78. The third kappa shape index (κ3) is 8.16. The van der Waals surface area contributed by atoms with E-state index in [2.05, 4.69) is 13.8 Å². The SMILES string of the molecule is CCCC[S+](CCCC)OC(C)=O. The van der Waals surface area contributed by atoms with Crippen LogP contribution < -0.4 is 0 Å². The van der Waals surface area contributed by atoms with Gasteiger partial charge in [0.1, 0.15) is 0 Å². The summed E-state index contributed by atoms with van der Waals surface area (Å²) in [6, 6.07) is 0. The smallest absolute Gasteiger partial charge is 0.248 e. The van der Waals surface area contributed by atoms with Gasteiger partial charge in [0.15, 0.2) is 11.5 Å². The van der Waals surface area contributed by atoms with Crippen LogP contribution in [0.1, 0.15) is 46.5 Å². The van der Waals surface area contributed by atoms with Gasteiger partial charge in [-0.25, -0.2) is 8.98 Å². The first-order valence-corrected chi connectivity index (χ1v) is 6.55. The van der Waals surface area contributed by atoms with E-state index < -0.39 is 0 Å². The van der Waals surface area contributed by atoms with Gasteiger partial charge in [0.25, 0.3) is 0 Å². The van der Waals surface area contributed by atoms with E-state index in [1.165, 1.54) is 32.6 Å². The third-order valence-corrected chi connectivity index (χ3v) is 3.64. The molecule has 0 radical (unpaired) electrons. The molecule has 0 rings (SSSR count). The number of carbonyl (C=O) groups excluding carboxylic acids is 1. The quantitative estimate of drug-likeness (QED) is 0.597. The highest BCUT2D eigenvalue weighted by molar-refractivity contribution is 7.92. The number of hydrogen-bond donors (Lipinski definition) is 0. The molecule has 2 nitrogen and oxygen atoms in total. The second-order valence-corrected chi connectivity index (χ2v) is 4.99. The van der Waals surface area contributed by atoms with Crippen molar-refractivity contribution in [3.8, 4) is 0 Å². The Labute approximate surface area is 84.6 Å². The molecule has 78 valence electrons. The first-order valence-electron chi connectivity index (χ1n) is 5.07. The number of hydrogen-bond acceptors (Lipinski definition) is 2. The largest absolute Gasteiger partial charge is 0.361 e.